The molecule has 0 saturated carbocycles. The van der Waals surface area contributed by atoms with Crippen molar-refractivity contribution in [1.29, 1.82) is 0 Å². The van der Waals surface area contributed by atoms with Crippen LogP contribution in [0.25, 0.3) is 0 Å². The molecule has 2 aliphatic heterocycles. The Balaban J connectivity index is 1.83. The maximum absolute atomic E-state index is 5.64. The lowest BCUT2D eigenvalue weighted by Gasteiger charge is -2.36. The maximum atomic E-state index is 5.64. The van der Waals surface area contributed by atoms with E-state index >= 15 is 0 Å². The first-order chi connectivity index (χ1) is 9.83. The van der Waals surface area contributed by atoms with Crippen LogP contribution in [0.2, 0.25) is 0 Å². The van der Waals surface area contributed by atoms with Crippen LogP contribution < -0.4 is 19.9 Å². The van der Waals surface area contributed by atoms with E-state index in [0.717, 1.165) is 12.3 Å². The minimum Gasteiger partial charge on any atom is -0.496 e. The Kier molecular flexibility index (Phi) is 4.24. The van der Waals surface area contributed by atoms with Crippen molar-refractivity contribution in [2.24, 2.45) is 0 Å². The third kappa shape index (κ3) is 2.55. The predicted molar refractivity (Wildman–Crippen MR) is 78.2 cm³/mol. The molecule has 1 fully saturated rings. The molecule has 20 heavy (non-hydrogen) atoms. The highest BCUT2D eigenvalue weighted by atomic mass is 16.5. The molecule has 3 rings (SSSR count). The third-order valence-electron chi connectivity index (χ3n) is 5.08. The molecule has 0 amide bonds. The highest BCUT2D eigenvalue weighted by Crippen LogP contribution is 2.28. The van der Waals surface area contributed by atoms with Gasteiger partial charge in [-0.3, -0.25) is 0 Å². The van der Waals surface area contributed by atoms with Gasteiger partial charge in [-0.2, -0.15) is 0 Å². The molecular formula is C16H28N3O+3. The Bertz CT molecular complexity index is 441. The molecule has 1 aromatic carbocycles. The number of fused-ring (bicyclic) bond motifs is 1. The molecule has 0 unspecified atom stereocenters. The fourth-order valence-corrected chi connectivity index (χ4v) is 3.86. The van der Waals surface area contributed by atoms with Gasteiger partial charge < -0.3 is 19.9 Å². The fraction of sp³-hybridized carbons (Fsp3) is 0.625. The van der Waals surface area contributed by atoms with Crippen molar-refractivity contribution in [2.45, 2.75) is 19.5 Å². The van der Waals surface area contributed by atoms with Crippen LogP contribution in [-0.4, -0.2) is 46.4 Å². The van der Waals surface area contributed by atoms with Crippen molar-refractivity contribution in [1.82, 2.24) is 0 Å². The van der Waals surface area contributed by atoms with Crippen LogP contribution >= 0.6 is 0 Å². The van der Waals surface area contributed by atoms with Crippen LogP contribution in [0.5, 0.6) is 5.75 Å². The van der Waals surface area contributed by atoms with Gasteiger partial charge in [0.05, 0.1) is 19.2 Å². The molecule has 0 aromatic heterocycles. The quantitative estimate of drug-likeness (QED) is 0.567. The number of nitrogens with one attached hydrogen (secondary N) is 2. The van der Waals surface area contributed by atoms with E-state index in [1.54, 1.807) is 16.9 Å². The van der Waals surface area contributed by atoms with Gasteiger partial charge in [0, 0.05) is 5.56 Å². The SMILES string of the molecule is CC[NH+]1CC[NH+]([C@@H]2C[NH2+]Cc3cccc(OC)c32)CC1. The molecule has 4 nitrogen and oxygen atoms in total. The van der Waals surface area contributed by atoms with Crippen molar-refractivity contribution in [3.63, 3.8) is 0 Å². The van der Waals surface area contributed by atoms with E-state index in [0.29, 0.717) is 6.04 Å². The summed E-state index contributed by atoms with van der Waals surface area (Å²) in [7, 11) is 1.81. The van der Waals surface area contributed by atoms with Gasteiger partial charge in [0.1, 0.15) is 45.0 Å². The summed E-state index contributed by atoms with van der Waals surface area (Å²) in [5.74, 6) is 1.10. The largest absolute Gasteiger partial charge is 0.496 e. The minimum atomic E-state index is 0.605. The highest BCUT2D eigenvalue weighted by Gasteiger charge is 2.36. The number of rotatable bonds is 3. The topological polar surface area (TPSA) is 34.7 Å². The molecule has 1 atom stereocenters. The monoisotopic (exact) mass is 278 g/mol. The highest BCUT2D eigenvalue weighted by molar-refractivity contribution is 5.42. The molecule has 2 heterocycles. The summed E-state index contributed by atoms with van der Waals surface area (Å²) in [5.41, 5.74) is 2.95. The van der Waals surface area contributed by atoms with Gasteiger partial charge in [0.15, 0.2) is 6.04 Å². The van der Waals surface area contributed by atoms with Crippen molar-refractivity contribution >= 4 is 0 Å². The Hall–Kier alpha value is -1.10. The molecule has 0 spiro atoms. The van der Waals surface area contributed by atoms with E-state index in [1.165, 1.54) is 50.4 Å². The van der Waals surface area contributed by atoms with Crippen LogP contribution in [0.1, 0.15) is 24.1 Å². The third-order valence-corrected chi connectivity index (χ3v) is 5.08. The van der Waals surface area contributed by atoms with E-state index < -0.39 is 0 Å². The number of piperazine rings is 1. The maximum Gasteiger partial charge on any atom is 0.167 e. The molecule has 4 N–H and O–H groups in total. The second-order valence-corrected chi connectivity index (χ2v) is 6.08. The van der Waals surface area contributed by atoms with E-state index in [1.807, 2.05) is 0 Å². The predicted octanol–water partition coefficient (Wildman–Crippen LogP) is -2.38. The molecule has 0 radical (unpaired) electrons. The van der Waals surface area contributed by atoms with E-state index in [9.17, 15) is 0 Å². The average Bonchev–Trinajstić information content (AvgIpc) is 2.53. The number of methoxy groups -OCH3 is 1. The van der Waals surface area contributed by atoms with Crippen molar-refractivity contribution in [2.75, 3.05) is 46.4 Å². The molecule has 4 heteroatoms. The fourth-order valence-electron chi connectivity index (χ4n) is 3.86. The second kappa shape index (κ2) is 6.12. The number of nitrogens with two attached hydrogens (primary N) is 1. The van der Waals surface area contributed by atoms with Crippen molar-refractivity contribution in [3.8, 4) is 5.75 Å². The van der Waals surface area contributed by atoms with Gasteiger partial charge in [-0.25, -0.2) is 0 Å². The summed E-state index contributed by atoms with van der Waals surface area (Å²) in [6.45, 7) is 11.1. The minimum absolute atomic E-state index is 0.605. The first-order valence-electron chi connectivity index (χ1n) is 7.99. The summed E-state index contributed by atoms with van der Waals surface area (Å²) < 4.78 is 5.64. The Labute approximate surface area is 121 Å². The number of likely N-dealkylation sites (N-methyl/N-ethyl adjacent to an activating group) is 1. The van der Waals surface area contributed by atoms with Crippen molar-refractivity contribution < 1.29 is 19.9 Å². The summed E-state index contributed by atoms with van der Waals surface area (Å²) in [4.78, 5) is 3.51. The molecule has 110 valence electrons. The lowest BCUT2D eigenvalue weighted by atomic mass is 9.94. The number of hydrogen-bond donors (Lipinski definition) is 3. The summed E-state index contributed by atoms with van der Waals surface area (Å²) in [5, 5.41) is 2.46. The zero-order valence-corrected chi connectivity index (χ0v) is 12.7. The Morgan fingerprint density at radius 1 is 1.25 bits per heavy atom. The van der Waals surface area contributed by atoms with Gasteiger partial charge in [0.25, 0.3) is 0 Å². The number of benzene rings is 1. The standard InChI is InChI=1S/C16H25N3O/c1-3-18-7-9-19(10-8-18)14-12-17-11-13-5-4-6-15(20-2)16(13)14/h4-6,14,17H,3,7-12H2,1-2H3/p+3/t14-/m1/s1. The van der Waals surface area contributed by atoms with Crippen LogP contribution in [0.15, 0.2) is 18.2 Å². The van der Waals surface area contributed by atoms with Gasteiger partial charge in [-0.15, -0.1) is 0 Å². The van der Waals surface area contributed by atoms with Crippen molar-refractivity contribution in [3.05, 3.63) is 29.3 Å². The van der Waals surface area contributed by atoms with Crippen LogP contribution in [0.3, 0.4) is 0 Å². The molecule has 2 aliphatic rings. The summed E-state index contributed by atoms with van der Waals surface area (Å²) >= 11 is 0. The first-order valence-corrected chi connectivity index (χ1v) is 7.99. The van der Waals surface area contributed by atoms with Gasteiger partial charge >= 0.3 is 0 Å². The van der Waals surface area contributed by atoms with Gasteiger partial charge in [-0.05, 0) is 13.0 Å². The Morgan fingerprint density at radius 3 is 2.75 bits per heavy atom. The van der Waals surface area contributed by atoms with Gasteiger partial charge in [-0.1, -0.05) is 12.1 Å². The number of ether oxygens (including phenoxy) is 1. The zero-order chi connectivity index (χ0) is 13.9. The van der Waals surface area contributed by atoms with Crippen LogP contribution in [-0.2, 0) is 6.54 Å². The van der Waals surface area contributed by atoms with Crippen LogP contribution in [0, 0.1) is 0 Å². The molecule has 1 aromatic rings. The zero-order valence-electron chi connectivity index (χ0n) is 12.7. The van der Waals surface area contributed by atoms with E-state index in [4.69, 9.17) is 4.74 Å². The van der Waals surface area contributed by atoms with Gasteiger partial charge in [0.2, 0.25) is 0 Å². The molecular weight excluding hydrogens is 250 g/mol. The smallest absolute Gasteiger partial charge is 0.167 e. The lowest BCUT2D eigenvalue weighted by Crippen LogP contribution is -3.28. The summed E-state index contributed by atoms with van der Waals surface area (Å²) in [6, 6.07) is 7.13. The molecule has 0 aliphatic carbocycles. The van der Waals surface area contributed by atoms with E-state index in [-0.39, 0.29) is 0 Å². The van der Waals surface area contributed by atoms with E-state index in [2.05, 4.69) is 30.4 Å². The Morgan fingerprint density at radius 2 is 2.05 bits per heavy atom. The number of hydrogen-bond acceptors (Lipinski definition) is 1. The van der Waals surface area contributed by atoms with Crippen LogP contribution in [0.4, 0.5) is 0 Å². The average molecular weight is 278 g/mol. The number of quaternary nitrogens is 3. The molecule has 0 bridgehead atoms. The molecule has 1 saturated heterocycles. The lowest BCUT2D eigenvalue weighted by molar-refractivity contribution is -1.03. The summed E-state index contributed by atoms with van der Waals surface area (Å²) in [6.07, 6.45) is 0. The second-order valence-electron chi connectivity index (χ2n) is 6.08. The first kappa shape index (κ1) is 13.9. The normalized spacial score (nSPS) is 29.8.